The summed E-state index contributed by atoms with van der Waals surface area (Å²) in [5.74, 6) is -0.0796. The summed E-state index contributed by atoms with van der Waals surface area (Å²) in [5, 5.41) is 2.79. The number of nitrogens with two attached hydrogens (primary N) is 1. The highest BCUT2D eigenvalue weighted by Gasteiger charge is 2.45. The van der Waals surface area contributed by atoms with Gasteiger partial charge in [0.2, 0.25) is 0 Å². The first-order valence-electron chi connectivity index (χ1n) is 6.11. The monoisotopic (exact) mass is 318 g/mol. The molecule has 1 aliphatic carbocycles. The number of hydrogen-bond acceptors (Lipinski definition) is 4. The van der Waals surface area contributed by atoms with Gasteiger partial charge in [-0.2, -0.15) is 0 Å². The smallest absolute Gasteiger partial charge is 0.251 e. The summed E-state index contributed by atoms with van der Waals surface area (Å²) in [5.41, 5.74) is 6.38. The van der Waals surface area contributed by atoms with Crippen LogP contribution in [0.1, 0.15) is 23.2 Å². The SMILES string of the molecule is CS(=O)(=O)CC1(CNC(=O)c2cccc(N)c2)CC1.Cl. The molecule has 0 heterocycles. The van der Waals surface area contributed by atoms with Crippen molar-refractivity contribution in [1.82, 2.24) is 5.32 Å². The topological polar surface area (TPSA) is 89.3 Å². The zero-order chi connectivity index (χ0) is 14.1. The lowest BCUT2D eigenvalue weighted by Gasteiger charge is -2.15. The second-order valence-electron chi connectivity index (χ2n) is 5.38. The minimum absolute atomic E-state index is 0. The molecule has 0 bridgehead atoms. The van der Waals surface area contributed by atoms with E-state index in [1.807, 2.05) is 0 Å². The van der Waals surface area contributed by atoms with E-state index in [1.54, 1.807) is 24.3 Å². The molecule has 1 fully saturated rings. The molecular formula is C13H19ClN2O3S. The van der Waals surface area contributed by atoms with Crippen LogP contribution in [-0.4, -0.2) is 32.9 Å². The van der Waals surface area contributed by atoms with Crippen LogP contribution in [0, 0.1) is 5.41 Å². The van der Waals surface area contributed by atoms with E-state index in [2.05, 4.69) is 5.32 Å². The minimum atomic E-state index is -3.01. The Hall–Kier alpha value is -1.27. The summed E-state index contributed by atoms with van der Waals surface area (Å²) in [6, 6.07) is 6.71. The zero-order valence-corrected chi connectivity index (χ0v) is 12.9. The minimum Gasteiger partial charge on any atom is -0.399 e. The van der Waals surface area contributed by atoms with E-state index in [0.29, 0.717) is 17.8 Å². The molecule has 1 saturated carbocycles. The van der Waals surface area contributed by atoms with Crippen molar-refractivity contribution < 1.29 is 13.2 Å². The van der Waals surface area contributed by atoms with Crippen LogP contribution in [0.15, 0.2) is 24.3 Å². The van der Waals surface area contributed by atoms with E-state index in [9.17, 15) is 13.2 Å². The Balaban J connectivity index is 0.00000200. The average molecular weight is 319 g/mol. The number of anilines is 1. The van der Waals surface area contributed by atoms with E-state index in [1.165, 1.54) is 6.26 Å². The van der Waals surface area contributed by atoms with E-state index >= 15 is 0 Å². The van der Waals surface area contributed by atoms with Gasteiger partial charge in [0.05, 0.1) is 5.75 Å². The van der Waals surface area contributed by atoms with Crippen molar-refractivity contribution in [2.24, 2.45) is 5.41 Å². The van der Waals surface area contributed by atoms with Gasteiger partial charge in [-0.1, -0.05) is 6.07 Å². The third kappa shape index (κ3) is 4.68. The quantitative estimate of drug-likeness (QED) is 0.799. The lowest BCUT2D eigenvalue weighted by molar-refractivity contribution is 0.0946. The number of hydrogen-bond donors (Lipinski definition) is 2. The third-order valence-corrected chi connectivity index (χ3v) is 4.43. The van der Waals surface area contributed by atoms with Crippen LogP contribution in [0.2, 0.25) is 0 Å². The Morgan fingerprint density at radius 3 is 2.55 bits per heavy atom. The number of carbonyl (C=O) groups excluding carboxylic acids is 1. The highest BCUT2D eigenvalue weighted by Crippen LogP contribution is 2.46. The molecule has 0 radical (unpaired) electrons. The van der Waals surface area contributed by atoms with Crippen molar-refractivity contribution in [2.75, 3.05) is 24.3 Å². The van der Waals surface area contributed by atoms with Crippen LogP contribution in [-0.2, 0) is 9.84 Å². The van der Waals surface area contributed by atoms with Crippen LogP contribution >= 0.6 is 12.4 Å². The maximum absolute atomic E-state index is 11.9. The molecule has 7 heteroatoms. The fraction of sp³-hybridized carbons (Fsp3) is 0.462. The van der Waals surface area contributed by atoms with Gasteiger partial charge in [0.1, 0.15) is 9.84 Å². The van der Waals surface area contributed by atoms with Crippen molar-refractivity contribution in [3.8, 4) is 0 Å². The van der Waals surface area contributed by atoms with Crippen molar-refractivity contribution in [1.29, 1.82) is 0 Å². The number of carbonyl (C=O) groups is 1. The molecule has 3 N–H and O–H groups in total. The van der Waals surface area contributed by atoms with Gasteiger partial charge in [-0.25, -0.2) is 8.42 Å². The Labute approximate surface area is 125 Å². The second kappa shape index (κ2) is 6.01. The van der Waals surface area contributed by atoms with Crippen LogP contribution in [0.3, 0.4) is 0 Å². The van der Waals surface area contributed by atoms with E-state index in [-0.39, 0.29) is 29.5 Å². The number of nitrogens with one attached hydrogen (secondary N) is 1. The second-order valence-corrected chi connectivity index (χ2v) is 7.52. The van der Waals surface area contributed by atoms with Crippen molar-refractivity contribution in [3.05, 3.63) is 29.8 Å². The van der Waals surface area contributed by atoms with E-state index in [4.69, 9.17) is 5.73 Å². The maximum atomic E-state index is 11.9. The highest BCUT2D eigenvalue weighted by molar-refractivity contribution is 7.90. The van der Waals surface area contributed by atoms with Crippen LogP contribution < -0.4 is 11.1 Å². The maximum Gasteiger partial charge on any atom is 0.251 e. The average Bonchev–Trinajstić information content (AvgIpc) is 3.04. The van der Waals surface area contributed by atoms with Gasteiger partial charge >= 0.3 is 0 Å². The fourth-order valence-corrected chi connectivity index (χ4v) is 3.66. The van der Waals surface area contributed by atoms with Crippen LogP contribution in [0.4, 0.5) is 5.69 Å². The van der Waals surface area contributed by atoms with Gasteiger partial charge < -0.3 is 11.1 Å². The zero-order valence-electron chi connectivity index (χ0n) is 11.3. The van der Waals surface area contributed by atoms with Gasteiger partial charge in [0.25, 0.3) is 5.91 Å². The fourth-order valence-electron chi connectivity index (χ4n) is 2.15. The number of rotatable bonds is 5. The Morgan fingerprint density at radius 1 is 1.40 bits per heavy atom. The number of benzene rings is 1. The number of amides is 1. The predicted molar refractivity (Wildman–Crippen MR) is 81.8 cm³/mol. The van der Waals surface area contributed by atoms with Gasteiger partial charge in [0, 0.05) is 29.5 Å². The summed E-state index contributed by atoms with van der Waals surface area (Å²) in [6.07, 6.45) is 2.92. The Bertz CT molecular complexity index is 597. The lowest BCUT2D eigenvalue weighted by Crippen LogP contribution is -2.33. The molecule has 1 aromatic rings. The van der Waals surface area contributed by atoms with Crippen LogP contribution in [0.5, 0.6) is 0 Å². The molecule has 1 aliphatic rings. The number of nitrogen functional groups attached to an aromatic ring is 1. The van der Waals surface area contributed by atoms with Gasteiger partial charge in [-0.15, -0.1) is 12.4 Å². The largest absolute Gasteiger partial charge is 0.399 e. The summed E-state index contributed by atoms with van der Waals surface area (Å²) in [7, 11) is -3.01. The molecule has 5 nitrogen and oxygen atoms in total. The molecule has 2 rings (SSSR count). The Morgan fingerprint density at radius 2 is 2.05 bits per heavy atom. The molecule has 0 spiro atoms. The van der Waals surface area contributed by atoms with E-state index < -0.39 is 9.84 Å². The normalized spacial score (nSPS) is 16.1. The van der Waals surface area contributed by atoms with E-state index in [0.717, 1.165) is 12.8 Å². The first kappa shape index (κ1) is 16.8. The first-order valence-corrected chi connectivity index (χ1v) is 8.17. The highest BCUT2D eigenvalue weighted by atomic mass is 35.5. The molecule has 1 amide bonds. The third-order valence-electron chi connectivity index (χ3n) is 3.30. The molecule has 0 saturated heterocycles. The van der Waals surface area contributed by atoms with Crippen molar-refractivity contribution in [2.45, 2.75) is 12.8 Å². The summed E-state index contributed by atoms with van der Waals surface area (Å²) in [4.78, 5) is 11.9. The van der Waals surface area contributed by atoms with Crippen molar-refractivity contribution in [3.63, 3.8) is 0 Å². The molecule has 0 aromatic heterocycles. The van der Waals surface area contributed by atoms with Crippen LogP contribution in [0.25, 0.3) is 0 Å². The predicted octanol–water partition coefficient (Wildman–Crippen LogP) is 1.25. The molecule has 112 valence electrons. The van der Waals surface area contributed by atoms with Gasteiger partial charge in [-0.3, -0.25) is 4.79 Å². The summed E-state index contributed by atoms with van der Waals surface area (Å²) < 4.78 is 22.6. The summed E-state index contributed by atoms with van der Waals surface area (Å²) in [6.45, 7) is 0.397. The first-order chi connectivity index (χ1) is 8.80. The van der Waals surface area contributed by atoms with Gasteiger partial charge in [0.15, 0.2) is 0 Å². The number of halogens is 1. The molecule has 20 heavy (non-hydrogen) atoms. The molecule has 0 unspecified atom stereocenters. The standard InChI is InChI=1S/C13H18N2O3S.ClH/c1-19(17,18)9-13(5-6-13)8-15-12(16)10-3-2-4-11(14)7-10;/h2-4,7H,5-6,8-9,14H2,1H3,(H,15,16);1H. The molecule has 0 aliphatic heterocycles. The van der Waals surface area contributed by atoms with Gasteiger partial charge in [-0.05, 0) is 31.0 Å². The molecule has 0 atom stereocenters. The number of sulfone groups is 1. The molecular weight excluding hydrogens is 300 g/mol. The molecule has 1 aromatic carbocycles. The Kier molecular flexibility index (Phi) is 5.05. The lowest BCUT2D eigenvalue weighted by atomic mass is 10.1. The summed E-state index contributed by atoms with van der Waals surface area (Å²) >= 11 is 0. The van der Waals surface area contributed by atoms with Crippen molar-refractivity contribution >= 4 is 33.8 Å².